The van der Waals surface area contributed by atoms with E-state index in [1.54, 1.807) is 23.1 Å². The molecule has 0 spiro atoms. The summed E-state index contributed by atoms with van der Waals surface area (Å²) in [5.74, 6) is 2.27. The third kappa shape index (κ3) is 5.33. The van der Waals surface area contributed by atoms with Gasteiger partial charge < -0.3 is 20.5 Å². The van der Waals surface area contributed by atoms with Gasteiger partial charge in [-0.05, 0) is 80.7 Å². The molecule has 1 aromatic carbocycles. The van der Waals surface area contributed by atoms with Crippen molar-refractivity contribution < 1.29 is 14.6 Å². The van der Waals surface area contributed by atoms with Crippen molar-refractivity contribution in [1.82, 2.24) is 24.9 Å². The number of nitrogens with one attached hydrogen (secondary N) is 2. The lowest BCUT2D eigenvalue weighted by Gasteiger charge is -2.25. The molecule has 2 aliphatic carbocycles. The SMILES string of the molecule is Cc1cc(-c2cnn3c(NCC4CCC(O)CC4)cc(Oc4cccnc4)nc23)ccc1C(=O)NC1CC1. The highest BCUT2D eigenvalue weighted by Crippen LogP contribution is 2.32. The minimum atomic E-state index is -0.179. The highest BCUT2D eigenvalue weighted by molar-refractivity contribution is 5.97. The number of hydrogen-bond acceptors (Lipinski definition) is 7. The first-order chi connectivity index (χ1) is 18.5. The van der Waals surface area contributed by atoms with E-state index in [0.717, 1.165) is 67.6 Å². The molecule has 9 nitrogen and oxygen atoms in total. The summed E-state index contributed by atoms with van der Waals surface area (Å²) in [6.45, 7) is 2.73. The standard InChI is InChI=1S/C29H32N6O3/c1-18-13-20(6-11-24(18)29(37)33-21-7-8-21)25-17-32-35-26(31-15-19-4-9-22(36)10-5-19)14-27(34-28(25)35)38-23-3-2-12-30-16-23/h2-3,6,11-14,16-17,19,21-22,31,36H,4-5,7-10,15H2,1H3,(H,33,37). The lowest BCUT2D eigenvalue weighted by molar-refractivity contribution is 0.0950. The quantitative estimate of drug-likeness (QED) is 0.312. The molecule has 0 atom stereocenters. The molecule has 0 unspecified atom stereocenters. The van der Waals surface area contributed by atoms with Crippen LogP contribution in [-0.2, 0) is 0 Å². The Kier molecular flexibility index (Phi) is 6.68. The number of rotatable bonds is 8. The van der Waals surface area contributed by atoms with Crippen LogP contribution < -0.4 is 15.4 Å². The zero-order valence-corrected chi connectivity index (χ0v) is 21.4. The first kappa shape index (κ1) is 24.4. The topological polar surface area (TPSA) is 114 Å². The monoisotopic (exact) mass is 512 g/mol. The van der Waals surface area contributed by atoms with E-state index in [1.165, 1.54) is 0 Å². The largest absolute Gasteiger partial charge is 0.437 e. The lowest BCUT2D eigenvalue weighted by Crippen LogP contribution is -2.26. The van der Waals surface area contributed by atoms with E-state index in [4.69, 9.17) is 9.72 Å². The summed E-state index contributed by atoms with van der Waals surface area (Å²) in [4.78, 5) is 21.6. The minimum Gasteiger partial charge on any atom is -0.437 e. The lowest BCUT2D eigenvalue weighted by atomic mass is 9.87. The van der Waals surface area contributed by atoms with E-state index >= 15 is 0 Å². The Bertz CT molecular complexity index is 1440. The van der Waals surface area contributed by atoms with Gasteiger partial charge in [0.2, 0.25) is 5.88 Å². The third-order valence-corrected chi connectivity index (χ3v) is 7.39. The van der Waals surface area contributed by atoms with Gasteiger partial charge in [-0.3, -0.25) is 9.78 Å². The molecule has 9 heteroatoms. The summed E-state index contributed by atoms with van der Waals surface area (Å²) in [7, 11) is 0. The summed E-state index contributed by atoms with van der Waals surface area (Å²) < 4.78 is 7.87. The Balaban J connectivity index is 1.32. The van der Waals surface area contributed by atoms with Crippen LogP contribution in [0.25, 0.3) is 16.8 Å². The highest BCUT2D eigenvalue weighted by atomic mass is 16.5. The molecule has 196 valence electrons. The number of ether oxygens (including phenoxy) is 1. The number of aryl methyl sites for hydroxylation is 1. The zero-order valence-electron chi connectivity index (χ0n) is 21.4. The second-order valence-electron chi connectivity index (χ2n) is 10.4. The van der Waals surface area contributed by atoms with Crippen molar-refractivity contribution >= 4 is 17.4 Å². The fraction of sp³-hybridized carbons (Fsp3) is 0.379. The maximum atomic E-state index is 12.6. The molecule has 4 aromatic rings. The summed E-state index contributed by atoms with van der Waals surface area (Å²) in [6.07, 6.45) is 10.7. The van der Waals surface area contributed by atoms with Crippen LogP contribution in [0.4, 0.5) is 5.82 Å². The van der Waals surface area contributed by atoms with Gasteiger partial charge in [-0.2, -0.15) is 14.6 Å². The molecular formula is C29H32N6O3. The smallest absolute Gasteiger partial charge is 0.251 e. The van der Waals surface area contributed by atoms with Gasteiger partial charge >= 0.3 is 0 Å². The van der Waals surface area contributed by atoms with Gasteiger partial charge in [-0.15, -0.1) is 0 Å². The van der Waals surface area contributed by atoms with Gasteiger partial charge in [0.15, 0.2) is 5.65 Å². The molecule has 6 rings (SSSR count). The average molecular weight is 513 g/mol. The van der Waals surface area contributed by atoms with Crippen LogP contribution in [-0.4, -0.2) is 49.3 Å². The molecule has 2 aliphatic rings. The number of aliphatic hydroxyl groups excluding tert-OH is 1. The van der Waals surface area contributed by atoms with Gasteiger partial charge in [0.1, 0.15) is 11.6 Å². The molecule has 0 saturated heterocycles. The Labute approximate surface area is 221 Å². The number of carbonyl (C=O) groups is 1. The predicted molar refractivity (Wildman–Crippen MR) is 144 cm³/mol. The first-order valence-corrected chi connectivity index (χ1v) is 13.3. The number of amides is 1. The third-order valence-electron chi connectivity index (χ3n) is 7.39. The van der Waals surface area contributed by atoms with Gasteiger partial charge in [0.25, 0.3) is 5.91 Å². The van der Waals surface area contributed by atoms with Gasteiger partial charge in [-0.1, -0.05) is 12.1 Å². The van der Waals surface area contributed by atoms with Gasteiger partial charge in [-0.25, -0.2) is 0 Å². The van der Waals surface area contributed by atoms with E-state index in [-0.39, 0.29) is 12.0 Å². The van der Waals surface area contributed by atoms with Crippen LogP contribution in [0, 0.1) is 12.8 Å². The van der Waals surface area contributed by atoms with Crippen molar-refractivity contribution in [1.29, 1.82) is 0 Å². The maximum Gasteiger partial charge on any atom is 0.251 e. The number of anilines is 1. The van der Waals surface area contributed by atoms with Crippen LogP contribution in [0.3, 0.4) is 0 Å². The molecule has 0 bridgehead atoms. The molecule has 3 heterocycles. The average Bonchev–Trinajstić information content (AvgIpc) is 3.63. The van der Waals surface area contributed by atoms with E-state index in [2.05, 4.69) is 20.7 Å². The van der Waals surface area contributed by atoms with Crippen LogP contribution in [0.2, 0.25) is 0 Å². The number of aliphatic hydroxyl groups is 1. The fourth-order valence-corrected chi connectivity index (χ4v) is 5.03. The van der Waals surface area contributed by atoms with Crippen LogP contribution in [0.15, 0.2) is 55.0 Å². The van der Waals surface area contributed by atoms with E-state index < -0.39 is 0 Å². The minimum absolute atomic E-state index is 0.0246. The van der Waals surface area contributed by atoms with Gasteiger partial charge in [0.05, 0.1) is 18.5 Å². The van der Waals surface area contributed by atoms with E-state index in [0.29, 0.717) is 34.8 Å². The molecule has 0 radical (unpaired) electrons. The molecule has 3 N–H and O–H groups in total. The first-order valence-electron chi connectivity index (χ1n) is 13.3. The Morgan fingerprint density at radius 1 is 1.11 bits per heavy atom. The second-order valence-corrected chi connectivity index (χ2v) is 10.4. The molecule has 2 fully saturated rings. The predicted octanol–water partition coefficient (Wildman–Crippen LogP) is 4.75. The maximum absolute atomic E-state index is 12.6. The number of pyridine rings is 1. The Morgan fingerprint density at radius 2 is 1.95 bits per heavy atom. The van der Waals surface area contributed by atoms with Crippen molar-refractivity contribution in [3.8, 4) is 22.8 Å². The molecule has 2 saturated carbocycles. The number of fused-ring (bicyclic) bond motifs is 1. The van der Waals surface area contributed by atoms with Crippen LogP contribution in [0.5, 0.6) is 11.6 Å². The number of hydrogen-bond donors (Lipinski definition) is 3. The van der Waals surface area contributed by atoms with Crippen molar-refractivity contribution in [3.05, 3.63) is 66.1 Å². The van der Waals surface area contributed by atoms with Crippen LogP contribution >= 0.6 is 0 Å². The summed E-state index contributed by atoms with van der Waals surface area (Å²) in [6, 6.07) is 11.7. The highest BCUT2D eigenvalue weighted by Gasteiger charge is 2.25. The van der Waals surface area contributed by atoms with Crippen LogP contribution in [0.1, 0.15) is 54.4 Å². The fourth-order valence-electron chi connectivity index (χ4n) is 5.03. The normalized spacial score (nSPS) is 19.3. The van der Waals surface area contributed by atoms with Gasteiger partial charge in [0, 0.05) is 36.0 Å². The summed E-state index contributed by atoms with van der Waals surface area (Å²) in [5.41, 5.74) is 4.02. The Morgan fingerprint density at radius 3 is 2.68 bits per heavy atom. The second kappa shape index (κ2) is 10.4. The number of carbonyl (C=O) groups excluding carboxylic acids is 1. The number of aromatic nitrogens is 4. The number of nitrogens with zero attached hydrogens (tertiary/aromatic N) is 4. The molecule has 3 aromatic heterocycles. The van der Waals surface area contributed by atoms with Crippen molar-refractivity contribution in [2.24, 2.45) is 5.92 Å². The van der Waals surface area contributed by atoms with Crippen molar-refractivity contribution in [3.63, 3.8) is 0 Å². The summed E-state index contributed by atoms with van der Waals surface area (Å²) >= 11 is 0. The molecule has 0 aliphatic heterocycles. The van der Waals surface area contributed by atoms with E-state index in [1.807, 2.05) is 43.3 Å². The molecule has 38 heavy (non-hydrogen) atoms. The molecular weight excluding hydrogens is 480 g/mol. The van der Waals surface area contributed by atoms with Crippen molar-refractivity contribution in [2.75, 3.05) is 11.9 Å². The summed E-state index contributed by atoms with van der Waals surface area (Å²) in [5, 5.41) is 21.1. The van der Waals surface area contributed by atoms with Crippen molar-refractivity contribution in [2.45, 2.75) is 57.6 Å². The van der Waals surface area contributed by atoms with E-state index in [9.17, 15) is 9.90 Å². The Hall–Kier alpha value is -3.98. The number of benzene rings is 1. The zero-order chi connectivity index (χ0) is 26.1. The molecule has 1 amide bonds.